The van der Waals surface area contributed by atoms with Crippen LogP contribution in [0.5, 0.6) is 0 Å². The first kappa shape index (κ1) is 27.3. The maximum absolute atomic E-state index is 13.4. The van der Waals surface area contributed by atoms with Gasteiger partial charge in [-0.25, -0.2) is 9.78 Å². The van der Waals surface area contributed by atoms with E-state index in [1.807, 2.05) is 91.0 Å². The van der Waals surface area contributed by atoms with Crippen LogP contribution in [-0.4, -0.2) is 39.4 Å². The van der Waals surface area contributed by atoms with Crippen LogP contribution in [-0.2, 0) is 16.0 Å². The first-order valence-corrected chi connectivity index (χ1v) is 12.7. The lowest BCUT2D eigenvalue weighted by molar-refractivity contribution is -0.157. The summed E-state index contributed by atoms with van der Waals surface area (Å²) in [5.41, 5.74) is 1.76. The van der Waals surface area contributed by atoms with Crippen LogP contribution < -0.4 is 10.6 Å². The Labute approximate surface area is 227 Å². The highest BCUT2D eigenvalue weighted by atomic mass is 16.6. The van der Waals surface area contributed by atoms with Crippen molar-refractivity contribution in [2.45, 2.75) is 44.9 Å². The summed E-state index contributed by atoms with van der Waals surface area (Å²) in [5, 5.41) is 5.74. The van der Waals surface area contributed by atoms with E-state index in [-0.39, 0.29) is 17.8 Å². The number of ether oxygens (including phenoxy) is 1. The lowest BCUT2D eigenvalue weighted by Gasteiger charge is -2.24. The summed E-state index contributed by atoms with van der Waals surface area (Å²) in [6.45, 7) is 5.29. The van der Waals surface area contributed by atoms with Crippen LogP contribution in [0.15, 0.2) is 97.3 Å². The predicted molar refractivity (Wildman–Crippen MR) is 148 cm³/mol. The number of rotatable bonds is 9. The lowest BCUT2D eigenvalue weighted by Crippen LogP contribution is -2.46. The molecule has 3 aromatic carbocycles. The van der Waals surface area contributed by atoms with E-state index in [1.54, 1.807) is 20.8 Å². The van der Waals surface area contributed by atoms with Gasteiger partial charge in [-0.05, 0) is 37.5 Å². The van der Waals surface area contributed by atoms with Gasteiger partial charge in [-0.3, -0.25) is 9.59 Å². The number of amides is 2. The zero-order chi connectivity index (χ0) is 27.8. The summed E-state index contributed by atoms with van der Waals surface area (Å²) in [4.78, 5) is 46.7. The maximum Gasteiger partial charge on any atom is 0.329 e. The largest absolute Gasteiger partial charge is 0.458 e. The van der Waals surface area contributed by atoms with Gasteiger partial charge in [0.1, 0.15) is 17.3 Å². The van der Waals surface area contributed by atoms with E-state index in [9.17, 15) is 14.4 Å². The number of imidazole rings is 1. The van der Waals surface area contributed by atoms with Gasteiger partial charge in [-0.1, -0.05) is 91.0 Å². The van der Waals surface area contributed by atoms with Crippen molar-refractivity contribution < 1.29 is 19.1 Å². The fourth-order valence-corrected chi connectivity index (χ4v) is 4.14. The van der Waals surface area contributed by atoms with Gasteiger partial charge in [-0.2, -0.15) is 0 Å². The van der Waals surface area contributed by atoms with Crippen LogP contribution in [0, 0.1) is 0 Å². The van der Waals surface area contributed by atoms with Gasteiger partial charge in [0.05, 0.1) is 12.4 Å². The van der Waals surface area contributed by atoms with E-state index in [1.165, 1.54) is 6.33 Å². The molecule has 0 aliphatic rings. The number of benzene rings is 3. The Morgan fingerprint density at radius 3 is 1.87 bits per heavy atom. The average molecular weight is 525 g/mol. The second kappa shape index (κ2) is 12.2. The van der Waals surface area contributed by atoms with Crippen LogP contribution in [0.3, 0.4) is 0 Å². The molecule has 2 amide bonds. The molecule has 0 saturated carbocycles. The van der Waals surface area contributed by atoms with E-state index in [0.29, 0.717) is 0 Å². The minimum absolute atomic E-state index is 0.00740. The molecular formula is C31H32N4O4. The van der Waals surface area contributed by atoms with E-state index >= 15 is 0 Å². The third kappa shape index (κ3) is 7.41. The number of hydrogen-bond donors (Lipinski definition) is 3. The Kier molecular flexibility index (Phi) is 8.56. The van der Waals surface area contributed by atoms with Crippen LogP contribution in [0.2, 0.25) is 0 Å². The number of aromatic nitrogens is 2. The molecule has 0 fully saturated rings. The summed E-state index contributed by atoms with van der Waals surface area (Å²) < 4.78 is 5.56. The topological polar surface area (TPSA) is 113 Å². The molecule has 0 spiro atoms. The van der Waals surface area contributed by atoms with Gasteiger partial charge in [0.25, 0.3) is 11.8 Å². The number of carbonyl (C=O) groups is 3. The van der Waals surface area contributed by atoms with E-state index in [2.05, 4.69) is 20.6 Å². The molecule has 0 unspecified atom stereocenters. The zero-order valence-corrected chi connectivity index (χ0v) is 22.2. The lowest BCUT2D eigenvalue weighted by atomic mass is 9.98. The van der Waals surface area contributed by atoms with Gasteiger partial charge in [0.2, 0.25) is 0 Å². The van der Waals surface area contributed by atoms with Crippen molar-refractivity contribution in [3.05, 3.63) is 125 Å². The molecule has 8 nitrogen and oxygen atoms in total. The molecule has 39 heavy (non-hydrogen) atoms. The first-order chi connectivity index (χ1) is 18.7. The van der Waals surface area contributed by atoms with Gasteiger partial charge in [-0.15, -0.1) is 0 Å². The van der Waals surface area contributed by atoms with Crippen LogP contribution in [0.1, 0.15) is 64.5 Å². The smallest absolute Gasteiger partial charge is 0.329 e. The zero-order valence-electron chi connectivity index (χ0n) is 22.2. The normalized spacial score (nSPS) is 12.0. The van der Waals surface area contributed by atoms with Crippen LogP contribution >= 0.6 is 0 Å². The monoisotopic (exact) mass is 524 g/mol. The number of aromatic amines is 1. The number of H-pyrrole nitrogens is 1. The summed E-state index contributed by atoms with van der Waals surface area (Å²) in [7, 11) is 0. The minimum atomic E-state index is -0.979. The minimum Gasteiger partial charge on any atom is -0.458 e. The maximum atomic E-state index is 13.4. The highest BCUT2D eigenvalue weighted by Crippen LogP contribution is 2.22. The average Bonchev–Trinajstić information content (AvgIpc) is 3.42. The van der Waals surface area contributed by atoms with Crippen molar-refractivity contribution in [2.24, 2.45) is 0 Å². The van der Waals surface area contributed by atoms with Crippen molar-refractivity contribution in [3.8, 4) is 0 Å². The Balaban J connectivity index is 1.56. The number of esters is 1. The van der Waals surface area contributed by atoms with Gasteiger partial charge >= 0.3 is 5.97 Å². The Morgan fingerprint density at radius 2 is 1.33 bits per heavy atom. The number of hydrogen-bond acceptors (Lipinski definition) is 5. The molecule has 0 saturated heterocycles. The quantitative estimate of drug-likeness (QED) is 0.277. The van der Waals surface area contributed by atoms with Gasteiger partial charge in [0.15, 0.2) is 5.69 Å². The molecule has 1 aromatic heterocycles. The van der Waals surface area contributed by atoms with Gasteiger partial charge in [0, 0.05) is 6.42 Å². The van der Waals surface area contributed by atoms with Crippen molar-refractivity contribution >= 4 is 17.8 Å². The fourth-order valence-electron chi connectivity index (χ4n) is 4.14. The van der Waals surface area contributed by atoms with E-state index in [4.69, 9.17) is 4.74 Å². The summed E-state index contributed by atoms with van der Waals surface area (Å²) in [6.07, 6.45) is 1.50. The van der Waals surface area contributed by atoms with E-state index < -0.39 is 35.5 Å². The predicted octanol–water partition coefficient (Wildman–Crippen LogP) is 4.61. The molecule has 0 radical (unpaired) electrons. The summed E-state index contributed by atoms with van der Waals surface area (Å²) in [5.74, 6) is -1.74. The van der Waals surface area contributed by atoms with Crippen molar-refractivity contribution in [3.63, 3.8) is 0 Å². The summed E-state index contributed by atoms with van der Waals surface area (Å²) >= 11 is 0. The van der Waals surface area contributed by atoms with Crippen molar-refractivity contribution in [2.75, 3.05) is 0 Å². The SMILES string of the molecule is CC(C)(C)OC(=O)[C@H](Cc1ccccc1)NC(=O)c1nc[nH]c1C(=O)NC(c1ccccc1)c1ccccc1. The number of nitrogens with zero attached hydrogens (tertiary/aromatic N) is 1. The molecule has 4 rings (SSSR count). The van der Waals surface area contributed by atoms with Crippen LogP contribution in [0.25, 0.3) is 0 Å². The van der Waals surface area contributed by atoms with E-state index in [0.717, 1.165) is 16.7 Å². The van der Waals surface area contributed by atoms with Crippen LogP contribution in [0.4, 0.5) is 0 Å². The molecule has 3 N–H and O–H groups in total. The van der Waals surface area contributed by atoms with Crippen molar-refractivity contribution in [1.82, 2.24) is 20.6 Å². The standard InChI is InChI=1S/C31H32N4O4/c1-31(2,3)39-30(38)24(19-21-13-7-4-8-14-21)34-28(36)26-27(33-20-32-26)29(37)35-25(22-15-9-5-10-16-22)23-17-11-6-12-18-23/h4-18,20,24-25H,19H2,1-3H3,(H,32,33)(H,34,36)(H,35,37)/t24-/m0/s1. The molecule has 200 valence electrons. The highest BCUT2D eigenvalue weighted by molar-refractivity contribution is 6.05. The van der Waals surface area contributed by atoms with Crippen molar-refractivity contribution in [1.29, 1.82) is 0 Å². The molecule has 4 aromatic rings. The summed E-state index contributed by atoms with van der Waals surface area (Å²) in [6, 6.07) is 27.0. The van der Waals surface area contributed by atoms with Gasteiger partial charge < -0.3 is 20.4 Å². The second-order valence-electron chi connectivity index (χ2n) is 10.1. The molecule has 0 bridgehead atoms. The highest BCUT2D eigenvalue weighted by Gasteiger charge is 2.30. The fraction of sp³-hybridized carbons (Fsp3) is 0.226. The molecular weight excluding hydrogens is 492 g/mol. The Morgan fingerprint density at radius 1 is 0.795 bits per heavy atom. The first-order valence-electron chi connectivity index (χ1n) is 12.7. The molecule has 0 aliphatic heterocycles. The molecule has 1 atom stereocenters. The number of nitrogens with one attached hydrogen (secondary N) is 3. The molecule has 8 heteroatoms. The number of carbonyl (C=O) groups excluding carboxylic acids is 3. The third-order valence-corrected chi connectivity index (χ3v) is 5.90. The Hall–Kier alpha value is -4.72. The molecule has 1 heterocycles. The Bertz CT molecular complexity index is 1360. The third-order valence-electron chi connectivity index (χ3n) is 5.90. The second-order valence-corrected chi connectivity index (χ2v) is 10.1. The molecule has 0 aliphatic carbocycles.